The summed E-state index contributed by atoms with van der Waals surface area (Å²) in [5.74, 6) is -0.230. The Hall–Kier alpha value is -0.000390. The van der Waals surface area contributed by atoms with Crippen LogP contribution in [0, 0.1) is 0 Å². The summed E-state index contributed by atoms with van der Waals surface area (Å²) in [6.45, 7) is 2.18. The molecule has 0 atom stereocenters. The Labute approximate surface area is 78.1 Å². The van der Waals surface area contributed by atoms with Gasteiger partial charge >= 0.3 is 78.0 Å². The Kier molecular flexibility index (Phi) is 8.10. The molecule has 0 bridgehead atoms. The van der Waals surface area contributed by atoms with Gasteiger partial charge in [-0.25, -0.2) is 0 Å². The van der Waals surface area contributed by atoms with E-state index in [0.717, 1.165) is 0 Å². The first-order chi connectivity index (χ1) is 5.31. The van der Waals surface area contributed by atoms with Gasteiger partial charge in [-0.1, -0.05) is 0 Å². The molecule has 0 aromatic carbocycles. The molecule has 2 nitrogen and oxygen atoms in total. The zero-order chi connectivity index (χ0) is 8.53. The van der Waals surface area contributed by atoms with Gasteiger partial charge in [0.1, 0.15) is 0 Å². The number of unbranched alkanes of at least 4 members (excludes halogenated alkanes) is 1. The van der Waals surface area contributed by atoms with Crippen molar-refractivity contribution in [2.45, 2.75) is 24.2 Å². The number of hydrogen-bond donors (Lipinski definition) is 0. The van der Waals surface area contributed by atoms with Crippen molar-refractivity contribution in [1.82, 2.24) is 0 Å². The van der Waals surface area contributed by atoms with Gasteiger partial charge in [0.25, 0.3) is 0 Å². The van der Waals surface area contributed by atoms with Crippen LogP contribution in [-0.2, 0) is 9.53 Å². The van der Waals surface area contributed by atoms with Crippen LogP contribution in [0.5, 0.6) is 0 Å². The molecule has 0 amide bonds. The van der Waals surface area contributed by atoms with Gasteiger partial charge < -0.3 is 0 Å². The molecular weight excluding hydrogens is 256 g/mol. The van der Waals surface area contributed by atoms with Crippen LogP contribution < -0.4 is 0 Å². The topological polar surface area (TPSA) is 26.3 Å². The van der Waals surface area contributed by atoms with Gasteiger partial charge in [0, 0.05) is 0 Å². The zero-order valence-electron chi connectivity index (χ0n) is 7.00. The zero-order valence-corrected chi connectivity index (χ0v) is 9.33. The van der Waals surface area contributed by atoms with Gasteiger partial charge in [-0.2, -0.15) is 0 Å². The monoisotopic (exact) mass is 272 g/mol. The molecule has 0 aliphatic rings. The average Bonchev–Trinajstić information content (AvgIpc) is 2.04. The second kappa shape index (κ2) is 8.10. The Balaban J connectivity index is 3.22. The molecular formula is C8H14O2Te. The summed E-state index contributed by atoms with van der Waals surface area (Å²) in [5.41, 5.74) is 0. The normalized spacial score (nSPS) is 10.4. The fourth-order valence-electron chi connectivity index (χ4n) is 0.467. The van der Waals surface area contributed by atoms with E-state index in [0.29, 0.717) is 0 Å². The standard InChI is InChI=1S/C8H14O2Te/c1-3-4-6-11-7-5-8(9)10-2/h5,7H,3-4,6H2,1-2H3/b7-5-. The predicted octanol–water partition coefficient (Wildman–Crippen LogP) is 1.60. The molecule has 11 heavy (non-hydrogen) atoms. The molecule has 0 N–H and O–H groups in total. The average molecular weight is 270 g/mol. The van der Waals surface area contributed by atoms with Crippen molar-refractivity contribution in [3.05, 3.63) is 10.2 Å². The van der Waals surface area contributed by atoms with E-state index in [2.05, 4.69) is 11.7 Å². The molecule has 64 valence electrons. The maximum atomic E-state index is 10.6. The summed E-state index contributed by atoms with van der Waals surface area (Å²) in [7, 11) is 1.40. The Morgan fingerprint density at radius 2 is 2.36 bits per heavy atom. The number of carbonyl (C=O) groups excluding carboxylic acids is 1. The number of hydrogen-bond acceptors (Lipinski definition) is 2. The summed E-state index contributed by atoms with van der Waals surface area (Å²) in [6, 6.07) is 0. The molecule has 0 aliphatic carbocycles. The van der Waals surface area contributed by atoms with Crippen LogP contribution in [-0.4, -0.2) is 34.0 Å². The third-order valence-corrected chi connectivity index (χ3v) is 3.55. The van der Waals surface area contributed by atoms with Crippen LogP contribution in [0.25, 0.3) is 0 Å². The van der Waals surface area contributed by atoms with Gasteiger partial charge in [0.2, 0.25) is 0 Å². The number of methoxy groups -OCH3 is 1. The van der Waals surface area contributed by atoms with E-state index in [9.17, 15) is 4.79 Å². The van der Waals surface area contributed by atoms with Crippen LogP contribution in [0.15, 0.2) is 10.2 Å². The van der Waals surface area contributed by atoms with E-state index < -0.39 is 0 Å². The van der Waals surface area contributed by atoms with Crippen molar-refractivity contribution in [3.8, 4) is 0 Å². The van der Waals surface area contributed by atoms with Crippen LogP contribution in [0.3, 0.4) is 0 Å². The number of ether oxygens (including phenoxy) is 1. The van der Waals surface area contributed by atoms with Crippen molar-refractivity contribution in [2.75, 3.05) is 7.11 Å². The van der Waals surface area contributed by atoms with Crippen molar-refractivity contribution < 1.29 is 9.53 Å². The maximum absolute atomic E-state index is 10.6. The Bertz CT molecular complexity index is 132. The fraction of sp³-hybridized carbons (Fsp3) is 0.625. The van der Waals surface area contributed by atoms with Crippen LogP contribution in [0.1, 0.15) is 19.8 Å². The molecule has 0 spiro atoms. The van der Waals surface area contributed by atoms with Gasteiger partial charge in [-0.05, 0) is 0 Å². The van der Waals surface area contributed by atoms with Crippen molar-refractivity contribution in [3.63, 3.8) is 0 Å². The number of carbonyl (C=O) groups is 1. The first kappa shape index (κ1) is 11.0. The van der Waals surface area contributed by atoms with Crippen LogP contribution >= 0.6 is 0 Å². The summed E-state index contributed by atoms with van der Waals surface area (Å²) >= 11 is -0.0623. The molecule has 0 saturated carbocycles. The van der Waals surface area contributed by atoms with Gasteiger partial charge in [-0.3, -0.25) is 0 Å². The van der Waals surface area contributed by atoms with Crippen LogP contribution in [0.4, 0.5) is 0 Å². The van der Waals surface area contributed by atoms with E-state index in [1.165, 1.54) is 30.5 Å². The van der Waals surface area contributed by atoms with Gasteiger partial charge in [0.15, 0.2) is 0 Å². The van der Waals surface area contributed by atoms with E-state index in [1.54, 1.807) is 0 Å². The summed E-state index contributed by atoms with van der Waals surface area (Å²) in [6.07, 6.45) is 4.07. The minimum absolute atomic E-state index is 0.0623. The second-order valence-electron chi connectivity index (χ2n) is 2.05. The predicted molar refractivity (Wildman–Crippen MR) is 46.6 cm³/mol. The third kappa shape index (κ3) is 7.90. The minimum atomic E-state index is -0.230. The van der Waals surface area contributed by atoms with E-state index >= 15 is 0 Å². The van der Waals surface area contributed by atoms with E-state index in [-0.39, 0.29) is 26.9 Å². The molecule has 0 radical (unpaired) electrons. The number of rotatable bonds is 5. The first-order valence-electron chi connectivity index (χ1n) is 3.67. The van der Waals surface area contributed by atoms with Gasteiger partial charge in [-0.15, -0.1) is 0 Å². The van der Waals surface area contributed by atoms with Crippen molar-refractivity contribution >= 4 is 26.9 Å². The summed E-state index contributed by atoms with van der Waals surface area (Å²) in [4.78, 5) is 10.6. The Morgan fingerprint density at radius 3 is 2.91 bits per heavy atom. The fourth-order valence-corrected chi connectivity index (χ4v) is 2.75. The van der Waals surface area contributed by atoms with Crippen LogP contribution in [0.2, 0.25) is 4.47 Å². The molecule has 0 saturated heterocycles. The van der Waals surface area contributed by atoms with Crippen molar-refractivity contribution in [1.29, 1.82) is 0 Å². The van der Waals surface area contributed by atoms with E-state index in [1.807, 2.05) is 4.12 Å². The molecule has 0 aromatic rings. The quantitative estimate of drug-likeness (QED) is 0.328. The second-order valence-corrected chi connectivity index (χ2v) is 4.94. The molecule has 0 fully saturated rings. The molecule has 0 aromatic heterocycles. The summed E-state index contributed by atoms with van der Waals surface area (Å²) < 4.78 is 7.73. The van der Waals surface area contributed by atoms with Gasteiger partial charge in [0.05, 0.1) is 0 Å². The third-order valence-electron chi connectivity index (χ3n) is 1.12. The number of esters is 1. The molecule has 0 unspecified atom stereocenters. The first-order valence-corrected chi connectivity index (χ1v) is 6.66. The molecule has 3 heteroatoms. The molecule has 0 heterocycles. The Morgan fingerprint density at radius 1 is 1.64 bits per heavy atom. The molecule has 0 rings (SSSR count). The van der Waals surface area contributed by atoms with Crippen molar-refractivity contribution in [2.24, 2.45) is 0 Å². The SMILES string of the molecule is CCCC[Te]/C=C\C(=O)OC. The molecule has 0 aliphatic heterocycles. The summed E-state index contributed by atoms with van der Waals surface area (Å²) in [5, 5.41) is 0. The van der Waals surface area contributed by atoms with E-state index in [4.69, 9.17) is 0 Å².